The Morgan fingerprint density at radius 1 is 0.952 bits per heavy atom. The second-order valence-corrected chi connectivity index (χ2v) is 6.36. The first-order chi connectivity index (χ1) is 10.2. The molecule has 124 valence electrons. The second-order valence-electron chi connectivity index (χ2n) is 6.36. The summed E-state index contributed by atoms with van der Waals surface area (Å²) in [5.74, 6) is 0.0660. The number of carboxylic acids is 1. The first-order valence-electron chi connectivity index (χ1n) is 9.03. The summed E-state index contributed by atoms with van der Waals surface area (Å²) >= 11 is 0. The molecule has 0 fully saturated rings. The van der Waals surface area contributed by atoms with Crippen LogP contribution in [0.5, 0.6) is 0 Å². The number of carbonyl (C=O) groups is 1. The van der Waals surface area contributed by atoms with Crippen molar-refractivity contribution in [3.8, 4) is 0 Å². The van der Waals surface area contributed by atoms with Crippen LogP contribution in [0.3, 0.4) is 0 Å². The van der Waals surface area contributed by atoms with E-state index in [1.165, 1.54) is 64.2 Å². The lowest BCUT2D eigenvalue weighted by Gasteiger charge is -2.07. The van der Waals surface area contributed by atoms with E-state index in [1.807, 2.05) is 0 Å². The minimum atomic E-state index is -0.666. The van der Waals surface area contributed by atoms with E-state index < -0.39 is 5.97 Å². The molecule has 0 heterocycles. The molecule has 0 bridgehead atoms. The number of carboxylic acid groups (broad SMARTS) is 1. The Hall–Kier alpha value is -0.790. The van der Waals surface area contributed by atoms with Crippen LogP contribution in [-0.4, -0.2) is 11.1 Å². The average molecular weight is 296 g/mol. The van der Waals surface area contributed by atoms with Gasteiger partial charge < -0.3 is 5.11 Å². The average Bonchev–Trinajstić information content (AvgIpc) is 2.45. The zero-order chi connectivity index (χ0) is 15.8. The van der Waals surface area contributed by atoms with E-state index in [9.17, 15) is 4.79 Å². The third kappa shape index (κ3) is 17.2. The molecule has 0 saturated heterocycles. The molecule has 0 aromatic carbocycles. The van der Waals surface area contributed by atoms with Crippen LogP contribution in [-0.2, 0) is 4.79 Å². The van der Waals surface area contributed by atoms with Gasteiger partial charge in [-0.15, -0.1) is 0 Å². The summed E-state index contributed by atoms with van der Waals surface area (Å²) in [6.45, 7) is 4.56. The number of hydrogen-bond acceptors (Lipinski definition) is 1. The highest BCUT2D eigenvalue weighted by Gasteiger charge is 2.01. The van der Waals surface area contributed by atoms with Gasteiger partial charge in [0, 0.05) is 6.42 Å². The number of allylic oxidation sites excluding steroid dienone is 2. The van der Waals surface area contributed by atoms with E-state index in [0.717, 1.165) is 18.8 Å². The highest BCUT2D eigenvalue weighted by Crippen LogP contribution is 2.15. The Bertz CT molecular complexity index is 258. The first-order valence-corrected chi connectivity index (χ1v) is 9.03. The summed E-state index contributed by atoms with van der Waals surface area (Å²) in [7, 11) is 0. The van der Waals surface area contributed by atoms with E-state index >= 15 is 0 Å². The van der Waals surface area contributed by atoms with Crippen LogP contribution in [0.15, 0.2) is 12.2 Å². The van der Waals surface area contributed by atoms with Crippen molar-refractivity contribution in [3.05, 3.63) is 12.2 Å². The van der Waals surface area contributed by atoms with Crippen LogP contribution in [0.25, 0.3) is 0 Å². The van der Waals surface area contributed by atoms with Gasteiger partial charge in [0.25, 0.3) is 0 Å². The second kappa shape index (κ2) is 15.6. The molecule has 2 heteroatoms. The molecule has 0 amide bonds. The third-order valence-corrected chi connectivity index (χ3v) is 4.02. The normalized spacial score (nSPS) is 12.9. The van der Waals surface area contributed by atoms with Crippen molar-refractivity contribution >= 4 is 5.97 Å². The molecule has 1 unspecified atom stereocenters. The molecular formula is C19H36O2. The van der Waals surface area contributed by atoms with E-state index in [0.29, 0.717) is 6.42 Å². The van der Waals surface area contributed by atoms with Crippen LogP contribution in [0.4, 0.5) is 0 Å². The Labute approximate surface area is 132 Å². The minimum absolute atomic E-state index is 0.326. The molecule has 2 nitrogen and oxygen atoms in total. The van der Waals surface area contributed by atoms with Crippen LogP contribution >= 0.6 is 0 Å². The van der Waals surface area contributed by atoms with Crippen molar-refractivity contribution in [2.75, 3.05) is 0 Å². The Morgan fingerprint density at radius 2 is 1.62 bits per heavy atom. The van der Waals surface area contributed by atoms with Crippen molar-refractivity contribution in [3.63, 3.8) is 0 Å². The van der Waals surface area contributed by atoms with Gasteiger partial charge in [-0.05, 0) is 31.6 Å². The Balaban J connectivity index is 3.29. The predicted molar refractivity (Wildman–Crippen MR) is 91.6 cm³/mol. The molecule has 21 heavy (non-hydrogen) atoms. The number of aliphatic carboxylic acids is 1. The molecule has 1 atom stereocenters. The van der Waals surface area contributed by atoms with E-state index in [2.05, 4.69) is 26.0 Å². The first kappa shape index (κ1) is 20.2. The lowest BCUT2D eigenvalue weighted by Crippen LogP contribution is -1.96. The molecule has 0 radical (unpaired) electrons. The van der Waals surface area contributed by atoms with Gasteiger partial charge in [-0.1, -0.05) is 77.4 Å². The fraction of sp³-hybridized carbons (Fsp3) is 0.842. The maximum Gasteiger partial charge on any atom is 0.303 e. The zero-order valence-corrected chi connectivity index (χ0v) is 14.3. The molecule has 0 aromatic rings. The summed E-state index contributed by atoms with van der Waals surface area (Å²) in [5, 5.41) is 8.56. The molecule has 0 aliphatic heterocycles. The van der Waals surface area contributed by atoms with Crippen molar-refractivity contribution in [1.29, 1.82) is 0 Å². The summed E-state index contributed by atoms with van der Waals surface area (Å²) in [4.78, 5) is 10.4. The van der Waals surface area contributed by atoms with Gasteiger partial charge in [-0.25, -0.2) is 0 Å². The monoisotopic (exact) mass is 296 g/mol. The van der Waals surface area contributed by atoms with E-state index in [1.54, 1.807) is 0 Å². The van der Waals surface area contributed by atoms with Crippen molar-refractivity contribution in [2.24, 2.45) is 5.92 Å². The summed E-state index contributed by atoms with van der Waals surface area (Å²) in [6, 6.07) is 0. The van der Waals surface area contributed by atoms with Gasteiger partial charge in [0.05, 0.1) is 0 Å². The van der Waals surface area contributed by atoms with Gasteiger partial charge >= 0.3 is 5.97 Å². The Morgan fingerprint density at radius 3 is 2.33 bits per heavy atom. The van der Waals surface area contributed by atoms with Gasteiger partial charge in [0.15, 0.2) is 0 Å². The van der Waals surface area contributed by atoms with Crippen molar-refractivity contribution in [2.45, 2.75) is 97.3 Å². The number of rotatable bonds is 15. The fourth-order valence-electron chi connectivity index (χ4n) is 2.55. The highest BCUT2D eigenvalue weighted by atomic mass is 16.4. The zero-order valence-electron chi connectivity index (χ0n) is 14.3. The molecule has 0 aromatic heterocycles. The maximum absolute atomic E-state index is 10.4. The lowest BCUT2D eigenvalue weighted by atomic mass is 9.99. The van der Waals surface area contributed by atoms with Crippen molar-refractivity contribution in [1.82, 2.24) is 0 Å². The van der Waals surface area contributed by atoms with Gasteiger partial charge in [-0.2, -0.15) is 0 Å². The van der Waals surface area contributed by atoms with Crippen molar-refractivity contribution < 1.29 is 9.90 Å². The number of unbranched alkanes of at least 4 members (excludes halogenated alkanes) is 8. The summed E-state index contributed by atoms with van der Waals surface area (Å²) < 4.78 is 0. The lowest BCUT2D eigenvalue weighted by molar-refractivity contribution is -0.137. The molecule has 0 spiro atoms. The molecule has 0 aliphatic carbocycles. The topological polar surface area (TPSA) is 37.3 Å². The van der Waals surface area contributed by atoms with E-state index in [-0.39, 0.29) is 0 Å². The Kier molecular flexibility index (Phi) is 15.0. The smallest absolute Gasteiger partial charge is 0.303 e. The van der Waals surface area contributed by atoms with E-state index in [4.69, 9.17) is 5.11 Å². The molecule has 0 saturated carbocycles. The van der Waals surface area contributed by atoms with Gasteiger partial charge in [0.2, 0.25) is 0 Å². The SMILES string of the molecule is CCCCCCCC/C=C\CC(C)CCCCCC(=O)O. The van der Waals surface area contributed by atoms with Crippen LogP contribution < -0.4 is 0 Å². The minimum Gasteiger partial charge on any atom is -0.481 e. The quantitative estimate of drug-likeness (QED) is 0.282. The molecular weight excluding hydrogens is 260 g/mol. The highest BCUT2D eigenvalue weighted by molar-refractivity contribution is 5.66. The van der Waals surface area contributed by atoms with Crippen LogP contribution in [0, 0.1) is 5.92 Å². The van der Waals surface area contributed by atoms with Crippen LogP contribution in [0.1, 0.15) is 97.3 Å². The molecule has 1 N–H and O–H groups in total. The summed E-state index contributed by atoms with van der Waals surface area (Å²) in [6.07, 6.45) is 19.9. The largest absolute Gasteiger partial charge is 0.481 e. The molecule has 0 aliphatic rings. The third-order valence-electron chi connectivity index (χ3n) is 4.02. The summed E-state index contributed by atoms with van der Waals surface area (Å²) in [5.41, 5.74) is 0. The standard InChI is InChI=1S/C19H36O2/c1-3-4-5-6-7-8-9-10-12-15-18(2)16-13-11-14-17-19(20)21/h10,12,18H,3-9,11,13-17H2,1-2H3,(H,20,21)/b12-10-. The number of hydrogen-bond donors (Lipinski definition) is 1. The fourth-order valence-corrected chi connectivity index (χ4v) is 2.55. The van der Waals surface area contributed by atoms with Gasteiger partial charge in [0.1, 0.15) is 0 Å². The van der Waals surface area contributed by atoms with Gasteiger partial charge in [-0.3, -0.25) is 4.79 Å². The van der Waals surface area contributed by atoms with Crippen LogP contribution in [0.2, 0.25) is 0 Å². The predicted octanol–water partition coefficient (Wildman–Crippen LogP) is 6.35. The molecule has 0 rings (SSSR count). The maximum atomic E-state index is 10.4.